The lowest BCUT2D eigenvalue weighted by Gasteiger charge is -2.30. The normalized spacial score (nSPS) is 17.9. The molecule has 0 radical (unpaired) electrons. The van der Waals surface area contributed by atoms with E-state index in [9.17, 15) is 13.6 Å². The summed E-state index contributed by atoms with van der Waals surface area (Å²) in [7, 11) is 0. The van der Waals surface area contributed by atoms with Crippen LogP contribution in [0.4, 0.5) is 20.2 Å². The summed E-state index contributed by atoms with van der Waals surface area (Å²) in [4.78, 5) is 13.1. The van der Waals surface area contributed by atoms with E-state index in [-0.39, 0.29) is 12.1 Å². The third-order valence-electron chi connectivity index (χ3n) is 4.74. The number of hydrogen-bond donors (Lipinski definition) is 2. The maximum absolute atomic E-state index is 14.4. The van der Waals surface area contributed by atoms with Gasteiger partial charge in [0.05, 0.1) is 0 Å². The highest BCUT2D eigenvalue weighted by molar-refractivity contribution is 6.31. The van der Waals surface area contributed by atoms with Gasteiger partial charge >= 0.3 is 0 Å². The van der Waals surface area contributed by atoms with Crippen molar-refractivity contribution in [2.45, 2.75) is 12.0 Å². The number of rotatable bonds is 4. The van der Waals surface area contributed by atoms with Crippen LogP contribution in [0.25, 0.3) is 0 Å². The monoisotopic (exact) mass is 418 g/mol. The van der Waals surface area contributed by atoms with Crippen LogP contribution >= 0.6 is 23.2 Å². The van der Waals surface area contributed by atoms with Gasteiger partial charge in [0.25, 0.3) is 5.91 Å². The molecule has 0 aromatic heterocycles. The van der Waals surface area contributed by atoms with Crippen molar-refractivity contribution in [2.24, 2.45) is 0 Å². The summed E-state index contributed by atoms with van der Waals surface area (Å²) < 4.78 is 28.7. The second-order valence-corrected chi connectivity index (χ2v) is 7.45. The molecule has 1 aliphatic rings. The summed E-state index contributed by atoms with van der Waals surface area (Å²) in [5, 5.41) is 6.53. The maximum atomic E-state index is 14.4. The number of fused-ring (bicyclic) bond motifs is 1. The predicted octanol–water partition coefficient (Wildman–Crippen LogP) is 5.77. The average Bonchev–Trinajstić information content (AvgIpc) is 2.89. The maximum Gasteiger partial charge on any atom is 0.255 e. The van der Waals surface area contributed by atoms with Gasteiger partial charge < -0.3 is 10.6 Å². The van der Waals surface area contributed by atoms with Crippen molar-refractivity contribution in [3.8, 4) is 0 Å². The second-order valence-electron chi connectivity index (χ2n) is 6.58. The number of benzene rings is 3. The van der Waals surface area contributed by atoms with Gasteiger partial charge in [0, 0.05) is 27.7 Å². The van der Waals surface area contributed by atoms with Crippen LogP contribution in [0.2, 0.25) is 10.0 Å². The summed E-state index contributed by atoms with van der Waals surface area (Å²) in [6.07, 6.45) is 0.127. The molecule has 0 saturated heterocycles. The molecule has 0 spiro atoms. The number of nitrogens with one attached hydrogen (secondary N) is 2. The number of hydrogen-bond acceptors (Lipinski definition) is 2. The van der Waals surface area contributed by atoms with Gasteiger partial charge in [0.2, 0.25) is 0 Å². The molecule has 2 N–H and O–H groups in total. The minimum atomic E-state index is -1.44. The van der Waals surface area contributed by atoms with Crippen LogP contribution in [0.5, 0.6) is 0 Å². The molecule has 1 aliphatic heterocycles. The van der Waals surface area contributed by atoms with Crippen molar-refractivity contribution in [3.63, 3.8) is 0 Å². The Morgan fingerprint density at radius 2 is 1.61 bits per heavy atom. The molecule has 142 valence electrons. The Balaban J connectivity index is 1.88. The molecule has 3 aromatic rings. The summed E-state index contributed by atoms with van der Waals surface area (Å²) in [5.41, 5.74) is -0.0429. The number of carbonyl (C=O) groups excluding carboxylic acids is 1. The van der Waals surface area contributed by atoms with Crippen molar-refractivity contribution >= 4 is 40.5 Å². The zero-order valence-corrected chi connectivity index (χ0v) is 15.9. The molecule has 0 bridgehead atoms. The van der Waals surface area contributed by atoms with Crippen LogP contribution in [0, 0.1) is 11.6 Å². The molecule has 1 amide bonds. The third-order valence-corrected chi connectivity index (χ3v) is 5.21. The molecule has 0 aliphatic carbocycles. The lowest BCUT2D eigenvalue weighted by atomic mass is 9.84. The Hall–Kier alpha value is -2.63. The van der Waals surface area contributed by atoms with Gasteiger partial charge in [-0.05, 0) is 42.0 Å². The van der Waals surface area contributed by atoms with Gasteiger partial charge in [0.15, 0.2) is 0 Å². The molecule has 4 rings (SSSR count). The van der Waals surface area contributed by atoms with E-state index in [1.165, 1.54) is 6.07 Å². The van der Waals surface area contributed by atoms with Crippen molar-refractivity contribution < 1.29 is 13.6 Å². The van der Waals surface area contributed by atoms with Gasteiger partial charge in [-0.1, -0.05) is 47.5 Å². The van der Waals surface area contributed by atoms with E-state index < -0.39 is 23.1 Å². The molecule has 1 atom stereocenters. The van der Waals surface area contributed by atoms with Gasteiger partial charge in [-0.15, -0.1) is 0 Å². The van der Waals surface area contributed by atoms with Gasteiger partial charge in [-0.3, -0.25) is 4.79 Å². The molecule has 0 fully saturated rings. The quantitative estimate of drug-likeness (QED) is 0.564. The first-order valence-corrected chi connectivity index (χ1v) is 9.23. The average molecular weight is 419 g/mol. The number of amides is 1. The fourth-order valence-corrected chi connectivity index (χ4v) is 3.86. The molecule has 1 heterocycles. The number of anilines is 2. The van der Waals surface area contributed by atoms with E-state index in [2.05, 4.69) is 10.6 Å². The lowest BCUT2D eigenvalue weighted by molar-refractivity contribution is -0.119. The van der Waals surface area contributed by atoms with E-state index >= 15 is 0 Å². The fraction of sp³-hybridized carbons (Fsp3) is 0.0952. The highest BCUT2D eigenvalue weighted by Crippen LogP contribution is 2.43. The molecule has 28 heavy (non-hydrogen) atoms. The van der Waals surface area contributed by atoms with Crippen LogP contribution in [-0.2, 0) is 16.8 Å². The summed E-state index contributed by atoms with van der Waals surface area (Å²) in [6.45, 7) is 0. The van der Waals surface area contributed by atoms with E-state index in [0.29, 0.717) is 21.3 Å². The van der Waals surface area contributed by atoms with Crippen molar-refractivity contribution in [2.75, 3.05) is 10.6 Å². The molecule has 0 saturated carbocycles. The smallest absolute Gasteiger partial charge is 0.255 e. The molecule has 3 nitrogen and oxygen atoms in total. The molecule has 3 aromatic carbocycles. The first-order chi connectivity index (χ1) is 13.4. The number of halogens is 4. The van der Waals surface area contributed by atoms with Crippen LogP contribution in [0.15, 0.2) is 60.7 Å². The van der Waals surface area contributed by atoms with Crippen molar-refractivity contribution in [1.82, 2.24) is 0 Å². The predicted molar refractivity (Wildman–Crippen MR) is 107 cm³/mol. The van der Waals surface area contributed by atoms with Crippen LogP contribution in [0.3, 0.4) is 0 Å². The minimum absolute atomic E-state index is 0.127. The van der Waals surface area contributed by atoms with Crippen LogP contribution in [0.1, 0.15) is 11.1 Å². The van der Waals surface area contributed by atoms with E-state index in [1.807, 2.05) is 0 Å². The Morgan fingerprint density at radius 1 is 0.929 bits per heavy atom. The highest BCUT2D eigenvalue weighted by Gasteiger charge is 2.48. The van der Waals surface area contributed by atoms with Gasteiger partial charge in [-0.2, -0.15) is 0 Å². The van der Waals surface area contributed by atoms with Crippen LogP contribution < -0.4 is 10.6 Å². The minimum Gasteiger partial charge on any atom is -0.362 e. The van der Waals surface area contributed by atoms with Crippen molar-refractivity contribution in [1.29, 1.82) is 0 Å². The Kier molecular flexibility index (Phi) is 4.73. The number of carbonyl (C=O) groups is 1. The zero-order chi connectivity index (χ0) is 19.9. The Bertz CT molecular complexity index is 1070. The first-order valence-electron chi connectivity index (χ1n) is 8.47. The number of para-hydroxylation sites is 1. The topological polar surface area (TPSA) is 41.1 Å². The molecular weight excluding hydrogens is 405 g/mol. The standard InChI is InChI=1S/C21H14Cl2F2N2O/c22-13-4-1-3-12(9-13)11-21(27-19-16(24)5-2-6-17(19)25)15-8-7-14(23)10-18(15)26-20(21)28/h1-10,27H,11H2,(H,26,28). The highest BCUT2D eigenvalue weighted by atomic mass is 35.5. The van der Waals surface area contributed by atoms with Crippen molar-refractivity contribution in [3.05, 3.63) is 93.5 Å². The zero-order valence-electron chi connectivity index (χ0n) is 14.4. The fourth-order valence-electron chi connectivity index (χ4n) is 3.47. The summed E-state index contributed by atoms with van der Waals surface area (Å²) in [5.74, 6) is -2.02. The molecule has 1 unspecified atom stereocenters. The van der Waals surface area contributed by atoms with E-state index in [0.717, 1.165) is 17.7 Å². The van der Waals surface area contributed by atoms with Gasteiger partial charge in [0.1, 0.15) is 22.9 Å². The summed E-state index contributed by atoms with van der Waals surface area (Å²) in [6, 6.07) is 15.4. The SMILES string of the molecule is O=C1Nc2cc(Cl)ccc2C1(Cc1cccc(Cl)c1)Nc1c(F)cccc1F. The third kappa shape index (κ3) is 3.21. The Morgan fingerprint density at radius 3 is 2.32 bits per heavy atom. The lowest BCUT2D eigenvalue weighted by Crippen LogP contribution is -2.44. The van der Waals surface area contributed by atoms with E-state index in [1.54, 1.807) is 42.5 Å². The Labute approximate surface area is 170 Å². The molecular formula is C21H14Cl2F2N2O. The second kappa shape index (κ2) is 7.08. The summed E-state index contributed by atoms with van der Waals surface area (Å²) >= 11 is 12.1. The first kappa shape index (κ1) is 18.7. The van der Waals surface area contributed by atoms with Crippen LogP contribution in [-0.4, -0.2) is 5.91 Å². The van der Waals surface area contributed by atoms with Gasteiger partial charge in [-0.25, -0.2) is 8.78 Å². The molecule has 7 heteroatoms. The van der Waals surface area contributed by atoms with E-state index in [4.69, 9.17) is 23.2 Å². The largest absolute Gasteiger partial charge is 0.362 e.